The first kappa shape index (κ1) is 22.3. The first-order chi connectivity index (χ1) is 13.0. The fourth-order valence-electron chi connectivity index (χ4n) is 4.11. The molecule has 0 saturated heterocycles. The highest BCUT2D eigenvalue weighted by Crippen LogP contribution is 2.46. The average Bonchev–Trinajstić information content (AvgIpc) is 2.93. The number of hydrogen-bond donors (Lipinski definition) is 0. The molecule has 3 atom stereocenters. The Labute approximate surface area is 184 Å². The van der Waals surface area contributed by atoms with E-state index in [0.29, 0.717) is 11.9 Å². The molecule has 0 radical (unpaired) electrons. The van der Waals surface area contributed by atoms with Crippen molar-refractivity contribution in [1.29, 1.82) is 0 Å². The molecule has 0 N–H and O–H groups in total. The normalized spacial score (nSPS) is 28.7. The number of nitrogens with zero attached hydrogens (tertiary/aromatic N) is 3. The lowest BCUT2D eigenvalue weighted by Crippen LogP contribution is -2.60. The van der Waals surface area contributed by atoms with Crippen LogP contribution in [0.5, 0.6) is 0 Å². The van der Waals surface area contributed by atoms with Gasteiger partial charge in [0.15, 0.2) is 8.32 Å². The van der Waals surface area contributed by atoms with E-state index in [2.05, 4.69) is 92.3 Å². The molecule has 7 heteroatoms. The van der Waals surface area contributed by atoms with Crippen molar-refractivity contribution in [2.45, 2.75) is 76.4 Å². The second-order valence-electron chi connectivity index (χ2n) is 9.47. The second kappa shape index (κ2) is 8.03. The van der Waals surface area contributed by atoms with E-state index in [0.717, 1.165) is 25.2 Å². The van der Waals surface area contributed by atoms with E-state index in [-0.39, 0.29) is 16.7 Å². The summed E-state index contributed by atoms with van der Waals surface area (Å²) in [4.78, 5) is 7.52. The Morgan fingerprint density at radius 2 is 2.14 bits per heavy atom. The maximum atomic E-state index is 6.46. The Hall–Kier alpha value is -0.403. The van der Waals surface area contributed by atoms with E-state index < -0.39 is 8.32 Å². The molecule has 4 nitrogen and oxygen atoms in total. The fraction of sp³-hybridized carbons (Fsp3) is 0.667. The van der Waals surface area contributed by atoms with Crippen molar-refractivity contribution in [1.82, 2.24) is 8.83 Å². The zero-order valence-corrected chi connectivity index (χ0v) is 21.2. The third-order valence-electron chi connectivity index (χ3n) is 6.70. The minimum atomic E-state index is -1.74. The highest BCUT2D eigenvalue weighted by Gasteiger charge is 2.55. The number of halogens is 2. The summed E-state index contributed by atoms with van der Waals surface area (Å²) in [5.41, 5.74) is 2.07. The number of allylic oxidation sites excluding steroid dienone is 2. The molecule has 2 heterocycles. The molecule has 0 aromatic rings. The molecule has 0 saturated carbocycles. The minimum absolute atomic E-state index is 0.0157. The van der Waals surface area contributed by atoms with Crippen LogP contribution in [0, 0.1) is 0 Å². The Kier molecular flexibility index (Phi) is 6.39. The second-order valence-corrected chi connectivity index (χ2v) is 15.4. The van der Waals surface area contributed by atoms with E-state index in [4.69, 9.17) is 21.0 Å². The van der Waals surface area contributed by atoms with Crippen LogP contribution < -0.4 is 0 Å². The first-order valence-electron chi connectivity index (χ1n) is 10.1. The zero-order valence-electron chi connectivity index (χ0n) is 17.9. The predicted molar refractivity (Wildman–Crippen MR) is 125 cm³/mol. The predicted octanol–water partition coefficient (Wildman–Crippen LogP) is 5.83. The lowest BCUT2D eigenvalue weighted by molar-refractivity contribution is 0.0793. The molecule has 3 unspecified atom stereocenters. The van der Waals surface area contributed by atoms with Crippen LogP contribution in [0.4, 0.5) is 0 Å². The fourth-order valence-corrected chi connectivity index (χ4v) is 5.96. The lowest BCUT2D eigenvalue weighted by atomic mass is 9.79. The molecule has 156 valence electrons. The summed E-state index contributed by atoms with van der Waals surface area (Å²) in [5.74, 6) is 0.492. The van der Waals surface area contributed by atoms with E-state index >= 15 is 0 Å². The highest BCUT2D eigenvalue weighted by atomic mass is 79.9. The van der Waals surface area contributed by atoms with Gasteiger partial charge in [-0.15, -0.1) is 11.6 Å². The van der Waals surface area contributed by atoms with Crippen LogP contribution in [-0.4, -0.2) is 53.1 Å². The van der Waals surface area contributed by atoms with Crippen molar-refractivity contribution >= 4 is 41.8 Å². The number of rotatable bonds is 6. The van der Waals surface area contributed by atoms with Crippen molar-refractivity contribution in [3.63, 3.8) is 0 Å². The van der Waals surface area contributed by atoms with Crippen LogP contribution in [-0.2, 0) is 4.43 Å². The highest BCUT2D eigenvalue weighted by molar-refractivity contribution is 9.07. The maximum absolute atomic E-state index is 6.46. The smallest absolute Gasteiger partial charge is 0.191 e. The molecule has 1 spiro atoms. The van der Waals surface area contributed by atoms with Crippen molar-refractivity contribution in [3.05, 3.63) is 36.2 Å². The van der Waals surface area contributed by atoms with Gasteiger partial charge in [-0.1, -0.05) is 32.9 Å². The van der Waals surface area contributed by atoms with Crippen LogP contribution in [0.15, 0.2) is 41.2 Å². The summed E-state index contributed by atoms with van der Waals surface area (Å²) in [6.07, 6.45) is 12.5. The summed E-state index contributed by atoms with van der Waals surface area (Å²) in [5, 5.41) is 0.228. The van der Waals surface area contributed by atoms with Crippen LogP contribution >= 0.6 is 27.7 Å². The van der Waals surface area contributed by atoms with Gasteiger partial charge in [0.2, 0.25) is 0 Å². The van der Waals surface area contributed by atoms with E-state index in [1.54, 1.807) is 0 Å². The number of aliphatic imine (C=N–C) groups is 1. The largest absolute Gasteiger partial charge is 0.417 e. The van der Waals surface area contributed by atoms with Gasteiger partial charge in [0.1, 0.15) is 11.7 Å². The molecule has 0 aromatic heterocycles. The van der Waals surface area contributed by atoms with Gasteiger partial charge in [0.05, 0.1) is 33.4 Å². The molecule has 0 amide bonds. The quantitative estimate of drug-likeness (QED) is 0.268. The third kappa shape index (κ3) is 3.71. The number of hydrogen-bond acceptors (Lipinski definition) is 4. The van der Waals surface area contributed by atoms with E-state index in [9.17, 15) is 0 Å². The molecule has 0 aromatic carbocycles. The molecule has 0 bridgehead atoms. The first-order valence-corrected chi connectivity index (χ1v) is 14.3. The SMILES string of the molecule is CC(CCO[Si](C)(C)C(C)(C)C)N1C(CCl)N=C2C=CC=C3N(Br)C=CCC321. The molecule has 0 fully saturated rings. The van der Waals surface area contributed by atoms with Crippen LogP contribution in [0.25, 0.3) is 0 Å². The van der Waals surface area contributed by atoms with Crippen LogP contribution in [0.1, 0.15) is 40.5 Å². The van der Waals surface area contributed by atoms with Crippen LogP contribution in [0.2, 0.25) is 18.1 Å². The van der Waals surface area contributed by atoms with Gasteiger partial charge in [-0.25, -0.2) is 0 Å². The summed E-state index contributed by atoms with van der Waals surface area (Å²) < 4.78 is 8.50. The van der Waals surface area contributed by atoms with Gasteiger partial charge in [0, 0.05) is 18.8 Å². The van der Waals surface area contributed by atoms with Crippen molar-refractivity contribution in [3.8, 4) is 0 Å². The molecular formula is C21H33BrClN3OSi. The summed E-state index contributed by atoms with van der Waals surface area (Å²) in [6.45, 7) is 14.6. The van der Waals surface area contributed by atoms with Gasteiger partial charge in [-0.2, -0.15) is 0 Å². The van der Waals surface area contributed by atoms with Crippen LogP contribution in [0.3, 0.4) is 0 Å². The standard InChI is InChI=1S/C21H33BrClN3OSi/c1-16(11-14-27-28(5,6)20(2,3)4)26-19(15-23)24-17-9-7-10-18-21(17,26)12-8-13-25(18)22/h7-10,13,16,19H,11-12,14-15H2,1-6H3. The van der Waals surface area contributed by atoms with E-state index in [1.165, 1.54) is 5.70 Å². The molecule has 2 aliphatic heterocycles. The molecule has 28 heavy (non-hydrogen) atoms. The van der Waals surface area contributed by atoms with Gasteiger partial charge >= 0.3 is 0 Å². The summed E-state index contributed by atoms with van der Waals surface area (Å²) in [7, 11) is -1.74. The Morgan fingerprint density at radius 3 is 2.79 bits per heavy atom. The maximum Gasteiger partial charge on any atom is 0.191 e. The Morgan fingerprint density at radius 1 is 1.43 bits per heavy atom. The van der Waals surface area contributed by atoms with Gasteiger partial charge in [0.25, 0.3) is 0 Å². The monoisotopic (exact) mass is 485 g/mol. The zero-order chi connectivity index (χ0) is 20.7. The van der Waals surface area contributed by atoms with Gasteiger partial charge < -0.3 is 4.43 Å². The molecule has 1 aliphatic carbocycles. The summed E-state index contributed by atoms with van der Waals surface area (Å²) >= 11 is 10.1. The van der Waals surface area contributed by atoms with Crippen molar-refractivity contribution < 1.29 is 4.43 Å². The third-order valence-corrected chi connectivity index (χ3v) is 12.1. The minimum Gasteiger partial charge on any atom is -0.417 e. The molecule has 3 rings (SSSR count). The topological polar surface area (TPSA) is 28.1 Å². The lowest BCUT2D eigenvalue weighted by Gasteiger charge is -2.49. The molecular weight excluding hydrogens is 454 g/mol. The summed E-state index contributed by atoms with van der Waals surface area (Å²) in [6, 6.07) is 0.303. The Bertz CT molecular complexity index is 728. The van der Waals surface area contributed by atoms with Crippen molar-refractivity contribution in [2.75, 3.05) is 12.5 Å². The average molecular weight is 487 g/mol. The Balaban J connectivity index is 1.81. The van der Waals surface area contributed by atoms with Crippen molar-refractivity contribution in [2.24, 2.45) is 4.99 Å². The number of alkyl halides is 1. The van der Waals surface area contributed by atoms with Gasteiger partial charge in [-0.05, 0) is 50.0 Å². The molecule has 3 aliphatic rings. The van der Waals surface area contributed by atoms with E-state index in [1.807, 2.05) is 3.93 Å². The van der Waals surface area contributed by atoms with Gasteiger partial charge in [-0.3, -0.25) is 13.8 Å².